The highest BCUT2D eigenvalue weighted by molar-refractivity contribution is 5.41. The Balaban J connectivity index is 2.09. The van der Waals surface area contributed by atoms with Crippen molar-refractivity contribution in [2.24, 2.45) is 0 Å². The third kappa shape index (κ3) is 3.58. The molecular weight excluding hydrogens is 234 g/mol. The molecular formula is C17H21NO. The molecule has 0 atom stereocenters. The molecule has 0 aliphatic heterocycles. The van der Waals surface area contributed by atoms with E-state index in [9.17, 15) is 0 Å². The summed E-state index contributed by atoms with van der Waals surface area (Å²) in [7, 11) is 0. The van der Waals surface area contributed by atoms with Gasteiger partial charge in [0.15, 0.2) is 0 Å². The minimum absolute atomic E-state index is 0.883. The molecule has 0 unspecified atom stereocenters. The predicted molar refractivity (Wildman–Crippen MR) is 79.8 cm³/mol. The summed E-state index contributed by atoms with van der Waals surface area (Å²) in [6, 6.07) is 14.4. The van der Waals surface area contributed by atoms with Gasteiger partial charge in [0, 0.05) is 6.54 Å². The Bertz CT molecular complexity index is 531. The van der Waals surface area contributed by atoms with Crippen molar-refractivity contribution >= 4 is 0 Å². The third-order valence-corrected chi connectivity index (χ3v) is 3.29. The molecule has 0 saturated heterocycles. The number of hydrogen-bond donors (Lipinski definition) is 1. The van der Waals surface area contributed by atoms with E-state index in [1.165, 1.54) is 16.7 Å². The van der Waals surface area contributed by atoms with Crippen LogP contribution in [0.4, 0.5) is 0 Å². The standard InChI is InChI=1S/C17H21NO/c1-4-18-12-15-8-10-16(11-9-15)19-17-7-5-6-13(2)14(17)3/h5-11,18H,4,12H2,1-3H3. The summed E-state index contributed by atoms with van der Waals surface area (Å²) in [5.41, 5.74) is 3.72. The second-order valence-electron chi connectivity index (χ2n) is 4.72. The van der Waals surface area contributed by atoms with Crippen molar-refractivity contribution in [3.05, 3.63) is 59.2 Å². The van der Waals surface area contributed by atoms with Crippen molar-refractivity contribution in [1.82, 2.24) is 5.32 Å². The smallest absolute Gasteiger partial charge is 0.130 e. The van der Waals surface area contributed by atoms with Crippen LogP contribution < -0.4 is 10.1 Å². The maximum atomic E-state index is 5.93. The lowest BCUT2D eigenvalue weighted by molar-refractivity contribution is 0.478. The predicted octanol–water partition coefficient (Wildman–Crippen LogP) is 4.21. The summed E-state index contributed by atoms with van der Waals surface area (Å²) in [6.07, 6.45) is 0. The van der Waals surface area contributed by atoms with E-state index < -0.39 is 0 Å². The average Bonchev–Trinajstić information content (AvgIpc) is 2.43. The first-order valence-electron chi connectivity index (χ1n) is 6.74. The van der Waals surface area contributed by atoms with Crippen LogP contribution in [0.5, 0.6) is 11.5 Å². The normalized spacial score (nSPS) is 10.5. The summed E-state index contributed by atoms with van der Waals surface area (Å²) in [5, 5.41) is 3.31. The molecule has 0 aliphatic rings. The lowest BCUT2D eigenvalue weighted by Gasteiger charge is -2.11. The van der Waals surface area contributed by atoms with Crippen LogP contribution in [-0.2, 0) is 6.54 Å². The number of hydrogen-bond acceptors (Lipinski definition) is 2. The average molecular weight is 255 g/mol. The van der Waals surface area contributed by atoms with Gasteiger partial charge < -0.3 is 10.1 Å². The van der Waals surface area contributed by atoms with Gasteiger partial charge in [-0.15, -0.1) is 0 Å². The molecule has 0 aliphatic carbocycles. The number of nitrogens with one attached hydrogen (secondary N) is 1. The second-order valence-corrected chi connectivity index (χ2v) is 4.72. The van der Waals surface area contributed by atoms with Gasteiger partial charge in [0.25, 0.3) is 0 Å². The lowest BCUT2D eigenvalue weighted by atomic mass is 10.1. The zero-order chi connectivity index (χ0) is 13.7. The third-order valence-electron chi connectivity index (χ3n) is 3.29. The minimum Gasteiger partial charge on any atom is -0.457 e. The van der Waals surface area contributed by atoms with E-state index in [1.54, 1.807) is 0 Å². The molecule has 0 radical (unpaired) electrons. The van der Waals surface area contributed by atoms with Gasteiger partial charge >= 0.3 is 0 Å². The zero-order valence-corrected chi connectivity index (χ0v) is 11.9. The van der Waals surface area contributed by atoms with Gasteiger partial charge in [0.1, 0.15) is 11.5 Å². The highest BCUT2D eigenvalue weighted by atomic mass is 16.5. The van der Waals surface area contributed by atoms with Gasteiger partial charge in [-0.25, -0.2) is 0 Å². The molecule has 2 aromatic carbocycles. The molecule has 0 heterocycles. The first kappa shape index (κ1) is 13.6. The molecule has 0 bridgehead atoms. The van der Waals surface area contributed by atoms with E-state index in [1.807, 2.05) is 24.3 Å². The fourth-order valence-corrected chi connectivity index (χ4v) is 1.91. The van der Waals surface area contributed by atoms with E-state index >= 15 is 0 Å². The molecule has 2 rings (SSSR count). The lowest BCUT2D eigenvalue weighted by Crippen LogP contribution is -2.11. The molecule has 0 spiro atoms. The van der Waals surface area contributed by atoms with Gasteiger partial charge in [-0.2, -0.15) is 0 Å². The monoisotopic (exact) mass is 255 g/mol. The molecule has 2 aromatic rings. The van der Waals surface area contributed by atoms with Gasteiger partial charge in [0.05, 0.1) is 0 Å². The van der Waals surface area contributed by atoms with Crippen LogP contribution in [0.3, 0.4) is 0 Å². The molecule has 0 fully saturated rings. The number of ether oxygens (including phenoxy) is 1. The van der Waals surface area contributed by atoms with E-state index in [0.717, 1.165) is 24.6 Å². The van der Waals surface area contributed by atoms with E-state index in [0.29, 0.717) is 0 Å². The maximum Gasteiger partial charge on any atom is 0.130 e. The minimum atomic E-state index is 0.883. The fourth-order valence-electron chi connectivity index (χ4n) is 1.91. The number of rotatable bonds is 5. The van der Waals surface area contributed by atoms with Crippen molar-refractivity contribution in [2.75, 3.05) is 6.54 Å². The SMILES string of the molecule is CCNCc1ccc(Oc2cccc(C)c2C)cc1. The van der Waals surface area contributed by atoms with Crippen molar-refractivity contribution in [3.8, 4) is 11.5 Å². The topological polar surface area (TPSA) is 21.3 Å². The van der Waals surface area contributed by atoms with Crippen LogP contribution in [0.15, 0.2) is 42.5 Å². The van der Waals surface area contributed by atoms with E-state index in [2.05, 4.69) is 44.3 Å². The van der Waals surface area contributed by atoms with Crippen LogP contribution in [-0.4, -0.2) is 6.54 Å². The summed E-state index contributed by atoms with van der Waals surface area (Å²) < 4.78 is 5.93. The first-order valence-corrected chi connectivity index (χ1v) is 6.74. The molecule has 0 saturated carbocycles. The Morgan fingerprint density at radius 1 is 1.00 bits per heavy atom. The molecule has 2 heteroatoms. The highest BCUT2D eigenvalue weighted by Crippen LogP contribution is 2.26. The Morgan fingerprint density at radius 2 is 1.74 bits per heavy atom. The summed E-state index contributed by atoms with van der Waals surface area (Å²) in [5.74, 6) is 1.81. The van der Waals surface area contributed by atoms with Crippen LogP contribution >= 0.6 is 0 Å². The fraction of sp³-hybridized carbons (Fsp3) is 0.294. The van der Waals surface area contributed by atoms with Crippen LogP contribution in [0, 0.1) is 13.8 Å². The van der Waals surface area contributed by atoms with Gasteiger partial charge in [-0.05, 0) is 55.3 Å². The van der Waals surface area contributed by atoms with E-state index in [-0.39, 0.29) is 0 Å². The second kappa shape index (κ2) is 6.39. The summed E-state index contributed by atoms with van der Waals surface area (Å²) in [4.78, 5) is 0. The number of benzene rings is 2. The molecule has 0 aromatic heterocycles. The molecule has 100 valence electrons. The Labute approximate surface area is 115 Å². The van der Waals surface area contributed by atoms with Gasteiger partial charge in [-0.1, -0.05) is 31.2 Å². The maximum absolute atomic E-state index is 5.93. The van der Waals surface area contributed by atoms with E-state index in [4.69, 9.17) is 4.74 Å². The van der Waals surface area contributed by atoms with Crippen molar-refractivity contribution in [1.29, 1.82) is 0 Å². The molecule has 19 heavy (non-hydrogen) atoms. The largest absolute Gasteiger partial charge is 0.457 e. The van der Waals surface area contributed by atoms with Gasteiger partial charge in [0.2, 0.25) is 0 Å². The van der Waals surface area contributed by atoms with Crippen LogP contribution in [0.1, 0.15) is 23.6 Å². The Morgan fingerprint density at radius 3 is 2.42 bits per heavy atom. The van der Waals surface area contributed by atoms with Crippen LogP contribution in [0.2, 0.25) is 0 Å². The van der Waals surface area contributed by atoms with Crippen molar-refractivity contribution in [2.45, 2.75) is 27.3 Å². The van der Waals surface area contributed by atoms with Crippen molar-refractivity contribution < 1.29 is 4.74 Å². The Kier molecular flexibility index (Phi) is 4.58. The van der Waals surface area contributed by atoms with Gasteiger partial charge in [-0.3, -0.25) is 0 Å². The zero-order valence-electron chi connectivity index (χ0n) is 11.9. The first-order chi connectivity index (χ1) is 9.20. The summed E-state index contributed by atoms with van der Waals surface area (Å²) >= 11 is 0. The molecule has 0 amide bonds. The van der Waals surface area contributed by atoms with Crippen molar-refractivity contribution in [3.63, 3.8) is 0 Å². The highest BCUT2D eigenvalue weighted by Gasteiger charge is 2.03. The Hall–Kier alpha value is -1.80. The molecule has 2 nitrogen and oxygen atoms in total. The van der Waals surface area contributed by atoms with Crippen LogP contribution in [0.25, 0.3) is 0 Å². The quantitative estimate of drug-likeness (QED) is 0.864. The summed E-state index contributed by atoms with van der Waals surface area (Å²) in [6.45, 7) is 8.19. The number of aryl methyl sites for hydroxylation is 1. The molecule has 1 N–H and O–H groups in total.